The van der Waals surface area contributed by atoms with Gasteiger partial charge in [0.1, 0.15) is 6.54 Å². The summed E-state index contributed by atoms with van der Waals surface area (Å²) < 4.78 is 0.360. The average Bonchev–Trinajstić information content (AvgIpc) is 2.56. The van der Waals surface area contributed by atoms with Crippen molar-refractivity contribution in [2.45, 2.75) is 104 Å². The summed E-state index contributed by atoms with van der Waals surface area (Å²) >= 11 is 0. The molecule has 0 saturated heterocycles. The molecule has 0 N–H and O–H groups in total. The van der Waals surface area contributed by atoms with Crippen LogP contribution in [0.2, 0.25) is 0 Å². The highest BCUT2D eigenvalue weighted by Gasteiger charge is 2.13. The highest BCUT2D eigenvalue weighted by molar-refractivity contribution is 5.70. The summed E-state index contributed by atoms with van der Waals surface area (Å²) in [7, 11) is 3.90. The van der Waals surface area contributed by atoms with Crippen molar-refractivity contribution in [3.63, 3.8) is 0 Å². The van der Waals surface area contributed by atoms with Crippen LogP contribution in [-0.4, -0.2) is 31.1 Å². The Kier molecular flexibility index (Phi) is 16.4. The van der Waals surface area contributed by atoms with Crippen molar-refractivity contribution in [1.29, 1.82) is 0 Å². The second kappa shape index (κ2) is 17.0. The Bertz CT molecular complexity index is 424. The molecule has 0 aliphatic rings. The van der Waals surface area contributed by atoms with Crippen molar-refractivity contribution in [1.82, 2.24) is 0 Å². The van der Waals surface area contributed by atoms with Crippen LogP contribution >= 0.6 is 0 Å². The van der Waals surface area contributed by atoms with Crippen LogP contribution in [0.5, 0.6) is 0 Å². The van der Waals surface area contributed by atoms with E-state index < -0.39 is 0 Å². The fourth-order valence-electron chi connectivity index (χ4n) is 3.39. The molecule has 0 amide bonds. The van der Waals surface area contributed by atoms with Crippen LogP contribution in [0.3, 0.4) is 0 Å². The fourth-order valence-corrected chi connectivity index (χ4v) is 3.39. The third-order valence-corrected chi connectivity index (χ3v) is 4.69. The molecule has 27 heavy (non-hydrogen) atoms. The molecule has 158 valence electrons. The first kappa shape index (κ1) is 25.9. The molecule has 0 heterocycles. The zero-order valence-corrected chi connectivity index (χ0v) is 18.8. The Hall–Kier alpha value is -1.09. The standard InChI is InChI=1S/C24H46N2O/c1-6-7-8-9-10-11-12-13-14-15-16-17-18-19-20-21-24(27)25-26(4,5)22-23(2)3/h13-14H,2,6-12,15-22H2,1,3-5H3/b14-13-. The monoisotopic (exact) mass is 378 g/mol. The zero-order chi connectivity index (χ0) is 20.4. The summed E-state index contributed by atoms with van der Waals surface area (Å²) in [4.78, 5) is 0. The lowest BCUT2D eigenvalue weighted by Gasteiger charge is -2.25. The van der Waals surface area contributed by atoms with E-state index in [1.54, 1.807) is 0 Å². The second-order valence-corrected chi connectivity index (χ2v) is 8.56. The highest BCUT2D eigenvalue weighted by atomic mass is 16.3. The van der Waals surface area contributed by atoms with Gasteiger partial charge in [0.25, 0.3) is 0 Å². The van der Waals surface area contributed by atoms with Gasteiger partial charge in [-0.25, -0.2) is 4.59 Å². The lowest BCUT2D eigenvalue weighted by Crippen LogP contribution is -2.38. The number of hydrogen-bond donors (Lipinski definition) is 0. The smallest absolute Gasteiger partial charge is 0.124 e. The minimum atomic E-state index is 0.0267. The van der Waals surface area contributed by atoms with Gasteiger partial charge in [-0.15, -0.1) is 5.10 Å². The van der Waals surface area contributed by atoms with E-state index in [0.717, 1.165) is 25.0 Å². The number of hydrogen-bond acceptors (Lipinski definition) is 2. The van der Waals surface area contributed by atoms with Crippen molar-refractivity contribution in [2.24, 2.45) is 5.10 Å². The number of allylic oxidation sites excluding steroid dienone is 2. The molecule has 0 rings (SSSR count). The predicted molar refractivity (Wildman–Crippen MR) is 119 cm³/mol. The summed E-state index contributed by atoms with van der Waals surface area (Å²) in [6.45, 7) is 8.87. The van der Waals surface area contributed by atoms with E-state index in [-0.39, 0.29) is 5.90 Å². The van der Waals surface area contributed by atoms with E-state index in [0.29, 0.717) is 11.0 Å². The quantitative estimate of drug-likeness (QED) is 0.0683. The third-order valence-electron chi connectivity index (χ3n) is 4.69. The highest BCUT2D eigenvalue weighted by Crippen LogP contribution is 2.10. The summed E-state index contributed by atoms with van der Waals surface area (Å²) in [6.07, 6.45) is 21.9. The Morgan fingerprint density at radius 1 is 0.852 bits per heavy atom. The zero-order valence-electron chi connectivity index (χ0n) is 18.8. The summed E-state index contributed by atoms with van der Waals surface area (Å²) in [5.74, 6) is 0.0267. The second-order valence-electron chi connectivity index (χ2n) is 8.56. The number of quaternary nitrogens is 1. The normalized spacial score (nSPS) is 12.8. The lowest BCUT2D eigenvalue weighted by atomic mass is 10.1. The minimum absolute atomic E-state index is 0.0267. The van der Waals surface area contributed by atoms with Crippen molar-refractivity contribution in [3.8, 4) is 0 Å². The van der Waals surface area contributed by atoms with Crippen molar-refractivity contribution < 1.29 is 9.70 Å². The molecule has 0 radical (unpaired) electrons. The Morgan fingerprint density at radius 2 is 1.33 bits per heavy atom. The molecule has 3 heteroatoms. The molecule has 0 unspecified atom stereocenters. The molecular formula is C24H46N2O. The average molecular weight is 379 g/mol. The van der Waals surface area contributed by atoms with Gasteiger partial charge in [0.2, 0.25) is 0 Å². The van der Waals surface area contributed by atoms with Crippen molar-refractivity contribution in [3.05, 3.63) is 24.3 Å². The number of likely N-dealkylation sites (N-methyl/N-ethyl adjacent to an activating group) is 1. The van der Waals surface area contributed by atoms with Gasteiger partial charge in [0.05, 0.1) is 14.1 Å². The lowest BCUT2D eigenvalue weighted by molar-refractivity contribution is -0.893. The van der Waals surface area contributed by atoms with Gasteiger partial charge in [-0.05, 0) is 51.0 Å². The van der Waals surface area contributed by atoms with Crippen LogP contribution in [0.15, 0.2) is 29.4 Å². The first-order valence-electron chi connectivity index (χ1n) is 11.3. The van der Waals surface area contributed by atoms with Gasteiger partial charge in [-0.1, -0.05) is 77.0 Å². The topological polar surface area (TPSA) is 35.4 Å². The van der Waals surface area contributed by atoms with E-state index in [4.69, 9.17) is 0 Å². The fraction of sp³-hybridized carbons (Fsp3) is 0.792. The van der Waals surface area contributed by atoms with Crippen molar-refractivity contribution >= 4 is 5.90 Å². The number of unbranched alkanes of at least 4 members (excludes halogenated alkanes) is 11. The van der Waals surface area contributed by atoms with Gasteiger partial charge < -0.3 is 5.11 Å². The van der Waals surface area contributed by atoms with E-state index in [1.807, 2.05) is 21.0 Å². The molecule has 0 aliphatic heterocycles. The van der Waals surface area contributed by atoms with Crippen LogP contribution in [-0.2, 0) is 0 Å². The van der Waals surface area contributed by atoms with Crippen LogP contribution in [0, 0.1) is 0 Å². The molecule has 0 aliphatic carbocycles. The van der Waals surface area contributed by atoms with Crippen LogP contribution in [0.4, 0.5) is 0 Å². The maximum atomic E-state index is 12.0. The van der Waals surface area contributed by atoms with Crippen LogP contribution < -0.4 is 5.11 Å². The van der Waals surface area contributed by atoms with Gasteiger partial charge in [0.15, 0.2) is 0 Å². The molecule has 3 nitrogen and oxygen atoms in total. The molecule has 0 saturated carbocycles. The molecular weight excluding hydrogens is 332 g/mol. The summed E-state index contributed by atoms with van der Waals surface area (Å²) in [5, 5.41) is 16.2. The first-order valence-corrected chi connectivity index (χ1v) is 11.3. The number of nitrogens with zero attached hydrogens (tertiary/aromatic N) is 2. The Morgan fingerprint density at radius 3 is 1.85 bits per heavy atom. The molecule has 0 aromatic heterocycles. The maximum Gasteiger partial charge on any atom is 0.124 e. The third kappa shape index (κ3) is 19.5. The van der Waals surface area contributed by atoms with E-state index in [2.05, 4.69) is 30.8 Å². The molecule has 0 bridgehead atoms. The van der Waals surface area contributed by atoms with E-state index >= 15 is 0 Å². The van der Waals surface area contributed by atoms with Crippen LogP contribution in [0.1, 0.15) is 104 Å². The Balaban J connectivity index is 3.51. The van der Waals surface area contributed by atoms with E-state index in [1.165, 1.54) is 70.6 Å². The molecule has 0 atom stereocenters. The van der Waals surface area contributed by atoms with Gasteiger partial charge in [0, 0.05) is 5.90 Å². The largest absolute Gasteiger partial charge is 0.858 e. The molecule has 0 fully saturated rings. The SMILES string of the molecule is C=C(C)C[N+](C)(C)/N=C(\[O-])CCCCCCC/C=C\CCCCCCCC. The van der Waals surface area contributed by atoms with Crippen LogP contribution in [0.25, 0.3) is 0 Å². The van der Waals surface area contributed by atoms with Gasteiger partial charge in [-0.2, -0.15) is 0 Å². The van der Waals surface area contributed by atoms with E-state index in [9.17, 15) is 5.11 Å². The van der Waals surface area contributed by atoms with Gasteiger partial charge >= 0.3 is 0 Å². The summed E-state index contributed by atoms with van der Waals surface area (Å²) in [6, 6.07) is 0. The maximum absolute atomic E-state index is 12.0. The minimum Gasteiger partial charge on any atom is -0.858 e. The first-order chi connectivity index (χ1) is 12.9. The predicted octanol–water partition coefficient (Wildman–Crippen LogP) is 6.35. The number of rotatable bonds is 18. The Labute approximate surface area is 169 Å². The summed E-state index contributed by atoms with van der Waals surface area (Å²) in [5.41, 5.74) is 1.05. The molecule has 0 aromatic carbocycles. The van der Waals surface area contributed by atoms with Gasteiger partial charge in [-0.3, -0.25) is 0 Å². The molecule has 0 aromatic rings. The molecule has 0 spiro atoms. The van der Waals surface area contributed by atoms with Crippen molar-refractivity contribution in [2.75, 3.05) is 20.6 Å².